The maximum Gasteiger partial charge on any atom is 0.119 e. The van der Waals surface area contributed by atoms with Crippen LogP contribution in [0.2, 0.25) is 0 Å². The first kappa shape index (κ1) is 15.6. The molecule has 112 valence electrons. The maximum absolute atomic E-state index is 5.29. The van der Waals surface area contributed by atoms with Crippen LogP contribution in [0.15, 0.2) is 54.6 Å². The molecule has 2 aromatic rings. The molecule has 0 spiro atoms. The fraction of sp³-hybridized carbons (Fsp3) is 0.368. The fourth-order valence-electron chi connectivity index (χ4n) is 2.55. The Morgan fingerprint density at radius 3 is 2.48 bits per heavy atom. The lowest BCUT2D eigenvalue weighted by atomic mass is 10.0. The first-order valence-electron chi connectivity index (χ1n) is 7.63. The summed E-state index contributed by atoms with van der Waals surface area (Å²) in [4.78, 5) is 0. The SMILES string of the molecule is COc1cccc([C@@H](C)N[C@H](C)CCc2ccccc2)c1. The molecular weight excluding hydrogens is 258 g/mol. The lowest BCUT2D eigenvalue weighted by molar-refractivity contribution is 0.411. The number of benzene rings is 2. The van der Waals surface area contributed by atoms with Crippen LogP contribution in [0.1, 0.15) is 37.4 Å². The Morgan fingerprint density at radius 2 is 1.76 bits per heavy atom. The highest BCUT2D eigenvalue weighted by Gasteiger charge is 2.10. The average Bonchev–Trinajstić information content (AvgIpc) is 2.54. The van der Waals surface area contributed by atoms with Crippen molar-refractivity contribution >= 4 is 0 Å². The summed E-state index contributed by atoms with van der Waals surface area (Å²) in [6, 6.07) is 19.7. The van der Waals surface area contributed by atoms with Crippen molar-refractivity contribution in [3.05, 3.63) is 65.7 Å². The molecule has 2 aromatic carbocycles. The summed E-state index contributed by atoms with van der Waals surface area (Å²) in [6.45, 7) is 4.45. The molecule has 0 saturated heterocycles. The molecule has 2 heteroatoms. The summed E-state index contributed by atoms with van der Waals surface area (Å²) in [5, 5.41) is 3.66. The topological polar surface area (TPSA) is 21.3 Å². The Bertz CT molecular complexity index is 538. The number of hydrogen-bond donors (Lipinski definition) is 1. The van der Waals surface area contributed by atoms with Gasteiger partial charge in [0.05, 0.1) is 7.11 Å². The van der Waals surface area contributed by atoms with Crippen molar-refractivity contribution in [3.8, 4) is 5.75 Å². The Balaban J connectivity index is 1.85. The van der Waals surface area contributed by atoms with Crippen molar-refractivity contribution in [2.24, 2.45) is 0 Å². The number of methoxy groups -OCH3 is 1. The molecule has 0 unspecified atom stereocenters. The summed E-state index contributed by atoms with van der Waals surface area (Å²) in [5.41, 5.74) is 2.67. The monoisotopic (exact) mass is 283 g/mol. The highest BCUT2D eigenvalue weighted by atomic mass is 16.5. The van der Waals surface area contributed by atoms with Gasteiger partial charge < -0.3 is 10.1 Å². The summed E-state index contributed by atoms with van der Waals surface area (Å²) in [6.07, 6.45) is 2.25. The summed E-state index contributed by atoms with van der Waals surface area (Å²) < 4.78 is 5.29. The predicted octanol–water partition coefficient (Wildman–Crippen LogP) is 4.37. The molecule has 21 heavy (non-hydrogen) atoms. The predicted molar refractivity (Wildman–Crippen MR) is 88.8 cm³/mol. The average molecular weight is 283 g/mol. The first-order chi connectivity index (χ1) is 10.2. The Hall–Kier alpha value is -1.80. The van der Waals surface area contributed by atoms with Gasteiger partial charge in [-0.1, -0.05) is 42.5 Å². The fourth-order valence-corrected chi connectivity index (χ4v) is 2.55. The van der Waals surface area contributed by atoms with Gasteiger partial charge in [0.15, 0.2) is 0 Å². The summed E-state index contributed by atoms with van der Waals surface area (Å²) >= 11 is 0. The van der Waals surface area contributed by atoms with Crippen LogP contribution < -0.4 is 10.1 Å². The van der Waals surface area contributed by atoms with Crippen LogP contribution in [0.3, 0.4) is 0 Å². The smallest absolute Gasteiger partial charge is 0.119 e. The minimum Gasteiger partial charge on any atom is -0.497 e. The van der Waals surface area contributed by atoms with Crippen molar-refractivity contribution in [2.75, 3.05) is 7.11 Å². The zero-order valence-electron chi connectivity index (χ0n) is 13.2. The molecule has 0 amide bonds. The zero-order chi connectivity index (χ0) is 15.1. The molecule has 0 aliphatic heterocycles. The Morgan fingerprint density at radius 1 is 1.00 bits per heavy atom. The minimum atomic E-state index is 0.325. The standard InChI is InChI=1S/C19H25NO/c1-15(12-13-17-8-5-4-6-9-17)20-16(2)18-10-7-11-19(14-18)21-3/h4-11,14-16,20H,12-13H2,1-3H3/t15-,16-/m1/s1. The molecule has 0 aliphatic carbocycles. The molecule has 2 rings (SSSR count). The van der Waals surface area contributed by atoms with E-state index in [-0.39, 0.29) is 0 Å². The van der Waals surface area contributed by atoms with Crippen LogP contribution in [0.25, 0.3) is 0 Å². The number of ether oxygens (including phenoxy) is 1. The molecule has 2 atom stereocenters. The normalized spacial score (nSPS) is 13.7. The highest BCUT2D eigenvalue weighted by molar-refractivity contribution is 5.30. The van der Waals surface area contributed by atoms with Crippen LogP contribution in [-0.2, 0) is 6.42 Å². The van der Waals surface area contributed by atoms with Gasteiger partial charge in [-0.3, -0.25) is 0 Å². The van der Waals surface area contributed by atoms with Gasteiger partial charge in [0.2, 0.25) is 0 Å². The van der Waals surface area contributed by atoms with Gasteiger partial charge in [-0.15, -0.1) is 0 Å². The quantitative estimate of drug-likeness (QED) is 0.815. The van der Waals surface area contributed by atoms with Crippen LogP contribution in [0.5, 0.6) is 5.75 Å². The second kappa shape index (κ2) is 7.84. The number of nitrogens with one attached hydrogen (secondary N) is 1. The van der Waals surface area contributed by atoms with Gasteiger partial charge in [-0.25, -0.2) is 0 Å². The molecule has 0 heterocycles. The van der Waals surface area contributed by atoms with Crippen LogP contribution in [0.4, 0.5) is 0 Å². The van der Waals surface area contributed by atoms with Crippen LogP contribution >= 0.6 is 0 Å². The van der Waals surface area contributed by atoms with E-state index < -0.39 is 0 Å². The highest BCUT2D eigenvalue weighted by Crippen LogP contribution is 2.19. The van der Waals surface area contributed by atoms with E-state index in [2.05, 4.69) is 61.6 Å². The molecule has 0 saturated carbocycles. The molecular formula is C19H25NO. The van der Waals surface area contributed by atoms with Crippen molar-refractivity contribution in [1.82, 2.24) is 5.32 Å². The van der Waals surface area contributed by atoms with E-state index in [4.69, 9.17) is 4.74 Å². The lowest BCUT2D eigenvalue weighted by Gasteiger charge is -2.21. The molecule has 0 aliphatic rings. The van der Waals surface area contributed by atoms with Gasteiger partial charge in [0.25, 0.3) is 0 Å². The Labute approximate surface area is 128 Å². The minimum absolute atomic E-state index is 0.325. The summed E-state index contributed by atoms with van der Waals surface area (Å²) in [5.74, 6) is 0.915. The third kappa shape index (κ3) is 4.91. The number of aryl methyl sites for hydroxylation is 1. The van der Waals surface area contributed by atoms with Gasteiger partial charge in [0.1, 0.15) is 5.75 Å². The van der Waals surface area contributed by atoms with Crippen molar-refractivity contribution in [3.63, 3.8) is 0 Å². The Kier molecular flexibility index (Phi) is 5.82. The van der Waals surface area contributed by atoms with Crippen molar-refractivity contribution in [1.29, 1.82) is 0 Å². The van der Waals surface area contributed by atoms with E-state index in [0.29, 0.717) is 12.1 Å². The van der Waals surface area contributed by atoms with E-state index >= 15 is 0 Å². The molecule has 0 bridgehead atoms. The lowest BCUT2D eigenvalue weighted by Crippen LogP contribution is -2.29. The van der Waals surface area contributed by atoms with Gasteiger partial charge in [0, 0.05) is 12.1 Å². The largest absolute Gasteiger partial charge is 0.497 e. The van der Waals surface area contributed by atoms with Gasteiger partial charge in [-0.2, -0.15) is 0 Å². The second-order valence-corrected chi connectivity index (χ2v) is 5.59. The number of rotatable bonds is 7. The third-order valence-electron chi connectivity index (χ3n) is 3.84. The second-order valence-electron chi connectivity index (χ2n) is 5.59. The van der Waals surface area contributed by atoms with E-state index in [1.165, 1.54) is 11.1 Å². The summed E-state index contributed by atoms with van der Waals surface area (Å²) in [7, 11) is 1.71. The first-order valence-corrected chi connectivity index (χ1v) is 7.63. The van der Waals surface area contributed by atoms with Crippen LogP contribution in [0, 0.1) is 0 Å². The van der Waals surface area contributed by atoms with E-state index in [1.54, 1.807) is 7.11 Å². The van der Waals surface area contributed by atoms with Crippen molar-refractivity contribution < 1.29 is 4.74 Å². The van der Waals surface area contributed by atoms with Gasteiger partial charge in [-0.05, 0) is 49.9 Å². The van der Waals surface area contributed by atoms with E-state index in [9.17, 15) is 0 Å². The molecule has 1 N–H and O–H groups in total. The van der Waals surface area contributed by atoms with Gasteiger partial charge >= 0.3 is 0 Å². The molecule has 0 fully saturated rings. The van der Waals surface area contributed by atoms with E-state index in [0.717, 1.165) is 18.6 Å². The third-order valence-corrected chi connectivity index (χ3v) is 3.84. The number of hydrogen-bond acceptors (Lipinski definition) is 2. The van der Waals surface area contributed by atoms with E-state index in [1.807, 2.05) is 12.1 Å². The van der Waals surface area contributed by atoms with Crippen LogP contribution in [-0.4, -0.2) is 13.2 Å². The molecule has 2 nitrogen and oxygen atoms in total. The molecule has 0 aromatic heterocycles. The molecule has 0 radical (unpaired) electrons. The maximum atomic E-state index is 5.29. The van der Waals surface area contributed by atoms with Crippen molar-refractivity contribution in [2.45, 2.75) is 38.8 Å². The zero-order valence-corrected chi connectivity index (χ0v) is 13.2.